The molecule has 3 amide bonds. The number of carbonyl (C=O) groups excluding carboxylic acids is 3. The second kappa shape index (κ2) is 8.57. The molecule has 2 heterocycles. The lowest BCUT2D eigenvalue weighted by Gasteiger charge is -2.13. The Labute approximate surface area is 182 Å². The number of aromatic nitrogens is 1. The highest BCUT2D eigenvalue weighted by Crippen LogP contribution is 2.35. The first kappa shape index (κ1) is 20.5. The Bertz CT molecular complexity index is 1140. The number of amides is 3. The number of anilines is 1. The van der Waals surface area contributed by atoms with E-state index in [1.165, 1.54) is 11.3 Å². The summed E-state index contributed by atoms with van der Waals surface area (Å²) >= 11 is 1.27. The van der Waals surface area contributed by atoms with Gasteiger partial charge in [0.2, 0.25) is 5.91 Å². The lowest BCUT2D eigenvalue weighted by molar-refractivity contribution is -0.116. The van der Waals surface area contributed by atoms with Gasteiger partial charge in [-0.1, -0.05) is 12.1 Å². The molecule has 1 aliphatic heterocycles. The molecule has 1 aliphatic rings. The third kappa shape index (κ3) is 3.99. The van der Waals surface area contributed by atoms with Crippen LogP contribution in [0.4, 0.5) is 5.13 Å². The van der Waals surface area contributed by atoms with Gasteiger partial charge in [-0.15, -0.1) is 11.3 Å². The minimum atomic E-state index is -0.380. The van der Waals surface area contributed by atoms with Crippen LogP contribution in [0.1, 0.15) is 27.1 Å². The molecule has 0 aliphatic carbocycles. The summed E-state index contributed by atoms with van der Waals surface area (Å²) in [5.41, 5.74) is 2.11. The summed E-state index contributed by atoms with van der Waals surface area (Å²) in [7, 11) is 3.15. The maximum absolute atomic E-state index is 12.4. The molecule has 2 aromatic carbocycles. The van der Waals surface area contributed by atoms with Crippen LogP contribution >= 0.6 is 11.3 Å². The van der Waals surface area contributed by atoms with Gasteiger partial charge < -0.3 is 14.8 Å². The Morgan fingerprint density at radius 2 is 1.74 bits per heavy atom. The van der Waals surface area contributed by atoms with E-state index in [1.54, 1.807) is 56.0 Å². The number of ether oxygens (including phenoxy) is 2. The Kier molecular flexibility index (Phi) is 5.68. The van der Waals surface area contributed by atoms with Crippen molar-refractivity contribution in [1.82, 2.24) is 9.88 Å². The molecule has 0 saturated heterocycles. The van der Waals surface area contributed by atoms with E-state index in [0.717, 1.165) is 10.5 Å². The van der Waals surface area contributed by atoms with Crippen LogP contribution in [-0.4, -0.2) is 48.4 Å². The highest BCUT2D eigenvalue weighted by Gasteiger charge is 2.35. The van der Waals surface area contributed by atoms with Crippen molar-refractivity contribution in [3.8, 4) is 22.8 Å². The van der Waals surface area contributed by atoms with Crippen molar-refractivity contribution in [1.29, 1.82) is 0 Å². The number of rotatable bonds is 7. The van der Waals surface area contributed by atoms with Crippen LogP contribution in [0.5, 0.6) is 11.5 Å². The normalized spacial score (nSPS) is 12.6. The van der Waals surface area contributed by atoms with Crippen LogP contribution in [0.15, 0.2) is 47.8 Å². The van der Waals surface area contributed by atoms with Gasteiger partial charge in [0.25, 0.3) is 11.8 Å². The second-order valence-electron chi connectivity index (χ2n) is 6.71. The molecule has 9 heteroatoms. The maximum Gasteiger partial charge on any atom is 0.261 e. The lowest BCUT2D eigenvalue weighted by atomic mass is 10.1. The fourth-order valence-corrected chi connectivity index (χ4v) is 4.03. The average Bonchev–Trinajstić information content (AvgIpc) is 3.35. The van der Waals surface area contributed by atoms with Crippen molar-refractivity contribution in [2.75, 3.05) is 26.1 Å². The maximum atomic E-state index is 12.4. The molecule has 0 fully saturated rings. The standard InChI is InChI=1S/C22H19N3O5S/c1-29-13-7-8-18(30-2)16(11-13)17-12-31-22(23-17)24-19(26)9-10-25-20(27)14-5-3-4-6-15(14)21(25)28/h3-8,11-12H,9-10H2,1-2H3,(H,23,24,26). The first-order chi connectivity index (χ1) is 15.0. The van der Waals surface area contributed by atoms with Gasteiger partial charge in [-0.25, -0.2) is 4.98 Å². The molecule has 158 valence electrons. The van der Waals surface area contributed by atoms with Crippen LogP contribution in [0.3, 0.4) is 0 Å². The Morgan fingerprint density at radius 3 is 2.39 bits per heavy atom. The van der Waals surface area contributed by atoms with Gasteiger partial charge in [0.15, 0.2) is 5.13 Å². The number of hydrogen-bond acceptors (Lipinski definition) is 7. The highest BCUT2D eigenvalue weighted by molar-refractivity contribution is 7.14. The van der Waals surface area contributed by atoms with Crippen LogP contribution in [0, 0.1) is 0 Å². The van der Waals surface area contributed by atoms with Crippen molar-refractivity contribution in [3.63, 3.8) is 0 Å². The van der Waals surface area contributed by atoms with Crippen LogP contribution < -0.4 is 14.8 Å². The number of benzene rings is 2. The van der Waals surface area contributed by atoms with E-state index < -0.39 is 0 Å². The molecule has 1 N–H and O–H groups in total. The van der Waals surface area contributed by atoms with Crippen LogP contribution in [0.25, 0.3) is 11.3 Å². The fraction of sp³-hybridized carbons (Fsp3) is 0.182. The SMILES string of the molecule is COc1ccc(OC)c(-c2csc(NC(=O)CCN3C(=O)c4ccccc4C3=O)n2)c1. The van der Waals surface area contributed by atoms with Crippen molar-refractivity contribution >= 4 is 34.2 Å². The quantitative estimate of drug-likeness (QED) is 0.569. The molecule has 0 saturated carbocycles. The second-order valence-corrected chi connectivity index (χ2v) is 7.57. The molecule has 1 aromatic heterocycles. The Morgan fingerprint density at radius 1 is 1.03 bits per heavy atom. The lowest BCUT2D eigenvalue weighted by Crippen LogP contribution is -2.32. The predicted molar refractivity (Wildman–Crippen MR) is 116 cm³/mol. The number of thiazole rings is 1. The molecule has 31 heavy (non-hydrogen) atoms. The van der Waals surface area contributed by atoms with Gasteiger partial charge in [0, 0.05) is 23.9 Å². The molecular formula is C22H19N3O5S. The summed E-state index contributed by atoms with van der Waals surface area (Å²) in [5, 5.41) is 4.93. The summed E-state index contributed by atoms with van der Waals surface area (Å²) in [6, 6.07) is 12.0. The Hall–Kier alpha value is -3.72. The van der Waals surface area contributed by atoms with E-state index in [0.29, 0.717) is 33.5 Å². The number of imide groups is 1. The third-order valence-corrected chi connectivity index (χ3v) is 5.63. The zero-order valence-corrected chi connectivity index (χ0v) is 17.7. The van der Waals surface area contributed by atoms with E-state index in [9.17, 15) is 14.4 Å². The van der Waals surface area contributed by atoms with Crippen molar-refractivity contribution in [2.24, 2.45) is 0 Å². The molecular weight excluding hydrogens is 418 g/mol. The molecule has 0 atom stereocenters. The van der Waals surface area contributed by atoms with Crippen molar-refractivity contribution in [3.05, 3.63) is 59.0 Å². The first-order valence-electron chi connectivity index (χ1n) is 9.45. The summed E-state index contributed by atoms with van der Waals surface area (Å²) in [5.74, 6) is 0.199. The van der Waals surface area contributed by atoms with E-state index in [2.05, 4.69) is 10.3 Å². The number of methoxy groups -OCH3 is 2. The fourth-order valence-electron chi connectivity index (χ4n) is 3.31. The van der Waals surface area contributed by atoms with E-state index in [-0.39, 0.29) is 30.7 Å². The number of fused-ring (bicyclic) bond motifs is 1. The highest BCUT2D eigenvalue weighted by atomic mass is 32.1. The van der Waals surface area contributed by atoms with Crippen LogP contribution in [0.2, 0.25) is 0 Å². The van der Waals surface area contributed by atoms with Gasteiger partial charge in [-0.2, -0.15) is 0 Å². The third-order valence-electron chi connectivity index (χ3n) is 4.87. The van der Waals surface area contributed by atoms with Crippen LogP contribution in [-0.2, 0) is 4.79 Å². The molecule has 4 rings (SSSR count). The predicted octanol–water partition coefficient (Wildman–Crippen LogP) is 3.45. The molecule has 0 spiro atoms. The minimum Gasteiger partial charge on any atom is -0.497 e. The number of carbonyl (C=O) groups is 3. The van der Waals surface area contributed by atoms with Gasteiger partial charge in [0.1, 0.15) is 11.5 Å². The minimum absolute atomic E-state index is 0.000118. The zero-order chi connectivity index (χ0) is 22.0. The van der Waals surface area contributed by atoms with Crippen molar-refractivity contribution < 1.29 is 23.9 Å². The molecule has 8 nitrogen and oxygen atoms in total. The molecule has 3 aromatic rings. The summed E-state index contributed by atoms with van der Waals surface area (Å²) in [6.07, 6.45) is -0.0249. The largest absolute Gasteiger partial charge is 0.497 e. The van der Waals surface area contributed by atoms with Gasteiger partial charge in [0.05, 0.1) is 31.0 Å². The number of hydrogen-bond donors (Lipinski definition) is 1. The summed E-state index contributed by atoms with van der Waals surface area (Å²) in [4.78, 5) is 42.7. The number of nitrogens with one attached hydrogen (secondary N) is 1. The summed E-state index contributed by atoms with van der Waals surface area (Å²) in [6.45, 7) is 0.000118. The molecule has 0 radical (unpaired) electrons. The topological polar surface area (TPSA) is 97.8 Å². The molecule has 0 bridgehead atoms. The zero-order valence-electron chi connectivity index (χ0n) is 16.9. The molecule has 0 unspecified atom stereocenters. The number of nitrogens with zero attached hydrogens (tertiary/aromatic N) is 2. The van der Waals surface area contributed by atoms with E-state index in [1.807, 2.05) is 6.07 Å². The monoisotopic (exact) mass is 437 g/mol. The van der Waals surface area contributed by atoms with Gasteiger partial charge in [-0.3, -0.25) is 19.3 Å². The van der Waals surface area contributed by atoms with Gasteiger partial charge in [-0.05, 0) is 30.3 Å². The van der Waals surface area contributed by atoms with Gasteiger partial charge >= 0.3 is 0 Å². The Balaban J connectivity index is 1.40. The van der Waals surface area contributed by atoms with Crippen molar-refractivity contribution in [2.45, 2.75) is 6.42 Å². The first-order valence-corrected chi connectivity index (χ1v) is 10.3. The smallest absolute Gasteiger partial charge is 0.261 e. The average molecular weight is 437 g/mol. The summed E-state index contributed by atoms with van der Waals surface area (Å²) < 4.78 is 10.6. The van der Waals surface area contributed by atoms with E-state index >= 15 is 0 Å². The van der Waals surface area contributed by atoms with E-state index in [4.69, 9.17) is 9.47 Å².